The molecule has 47 heavy (non-hydrogen) atoms. The van der Waals surface area contributed by atoms with Crippen molar-refractivity contribution in [3.63, 3.8) is 0 Å². The summed E-state index contributed by atoms with van der Waals surface area (Å²) in [5.41, 5.74) is 4.62. The fourth-order valence-corrected chi connectivity index (χ4v) is 7.32. The van der Waals surface area contributed by atoms with Gasteiger partial charge in [-0.05, 0) is 98.0 Å². The van der Waals surface area contributed by atoms with Crippen LogP contribution in [0.15, 0.2) is 111 Å². The molecule has 1 saturated heterocycles. The molecule has 3 aromatic carbocycles. The highest BCUT2D eigenvalue weighted by atomic mass is 19.1. The molecule has 0 bridgehead atoms. The van der Waals surface area contributed by atoms with Gasteiger partial charge >= 0.3 is 0 Å². The van der Waals surface area contributed by atoms with Gasteiger partial charge in [0.15, 0.2) is 23.1 Å². The highest BCUT2D eigenvalue weighted by Gasteiger charge is 2.56. The van der Waals surface area contributed by atoms with Gasteiger partial charge in [-0.25, -0.2) is 4.39 Å². The summed E-state index contributed by atoms with van der Waals surface area (Å²) in [4.78, 5) is 57.9. The number of aromatic hydroxyl groups is 1. The summed E-state index contributed by atoms with van der Waals surface area (Å²) >= 11 is 0. The maximum absolute atomic E-state index is 14.6. The molecule has 236 valence electrons. The van der Waals surface area contributed by atoms with Crippen molar-refractivity contribution in [2.75, 3.05) is 23.9 Å². The van der Waals surface area contributed by atoms with Crippen LogP contribution in [0.3, 0.4) is 0 Å². The molecule has 1 fully saturated rings. The molecule has 1 aliphatic heterocycles. The SMILES string of the molecule is CC1=CC(=O)C2=C(C[C@@H]3C(=CC[C@@H]4C(=O)N(c5ccc(N=Nc6ccc(N(C)C)cc6)cc5)C(=O)[C@@H]43)[C@@H]2c2ccc(O)c(F)c2)C1=O. The van der Waals surface area contributed by atoms with Gasteiger partial charge in [0.2, 0.25) is 11.8 Å². The zero-order valence-electron chi connectivity index (χ0n) is 26.0. The van der Waals surface area contributed by atoms with Gasteiger partial charge in [-0.3, -0.25) is 24.1 Å². The number of imide groups is 1. The highest BCUT2D eigenvalue weighted by molar-refractivity contribution is 6.25. The first-order chi connectivity index (χ1) is 22.5. The van der Waals surface area contributed by atoms with Gasteiger partial charge in [-0.15, -0.1) is 0 Å². The summed E-state index contributed by atoms with van der Waals surface area (Å²) in [6.07, 6.45) is 3.55. The predicted molar refractivity (Wildman–Crippen MR) is 173 cm³/mol. The van der Waals surface area contributed by atoms with Crippen molar-refractivity contribution in [2.24, 2.45) is 28.0 Å². The van der Waals surface area contributed by atoms with Crippen LogP contribution in [0, 0.1) is 23.6 Å². The van der Waals surface area contributed by atoms with E-state index in [1.165, 1.54) is 23.1 Å². The number of nitrogens with zero attached hydrogens (tertiary/aromatic N) is 4. The van der Waals surface area contributed by atoms with E-state index >= 15 is 0 Å². The zero-order chi connectivity index (χ0) is 33.1. The Kier molecular flexibility index (Phi) is 7.30. The van der Waals surface area contributed by atoms with E-state index in [9.17, 15) is 28.7 Å². The van der Waals surface area contributed by atoms with Gasteiger partial charge in [0, 0.05) is 42.4 Å². The molecule has 0 spiro atoms. The molecule has 3 aliphatic carbocycles. The minimum Gasteiger partial charge on any atom is -0.505 e. The van der Waals surface area contributed by atoms with Crippen LogP contribution >= 0.6 is 0 Å². The van der Waals surface area contributed by atoms with Crippen LogP contribution in [-0.2, 0) is 19.2 Å². The maximum Gasteiger partial charge on any atom is 0.238 e. The molecule has 9 nitrogen and oxygen atoms in total. The van der Waals surface area contributed by atoms with Crippen molar-refractivity contribution in [1.29, 1.82) is 0 Å². The van der Waals surface area contributed by atoms with Crippen LogP contribution in [0.2, 0.25) is 0 Å². The average molecular weight is 631 g/mol. The van der Waals surface area contributed by atoms with Crippen molar-refractivity contribution in [3.8, 4) is 5.75 Å². The monoisotopic (exact) mass is 630 g/mol. The largest absolute Gasteiger partial charge is 0.505 e. The Bertz CT molecular complexity index is 1990. The summed E-state index contributed by atoms with van der Waals surface area (Å²) in [6, 6.07) is 18.2. The number of halogens is 1. The summed E-state index contributed by atoms with van der Waals surface area (Å²) in [5.74, 6) is -5.49. The third kappa shape index (κ3) is 5.00. The van der Waals surface area contributed by atoms with Gasteiger partial charge in [0.25, 0.3) is 0 Å². The number of benzene rings is 3. The number of azo groups is 1. The smallest absolute Gasteiger partial charge is 0.238 e. The lowest BCUT2D eigenvalue weighted by atomic mass is 9.59. The Labute approximate surface area is 270 Å². The number of rotatable bonds is 5. The Morgan fingerprint density at radius 2 is 1.53 bits per heavy atom. The lowest BCUT2D eigenvalue weighted by Gasteiger charge is -2.42. The molecule has 0 radical (unpaired) electrons. The van der Waals surface area contributed by atoms with Crippen LogP contribution in [0.25, 0.3) is 0 Å². The number of fused-ring (bicyclic) bond motifs is 3. The predicted octanol–water partition coefficient (Wildman–Crippen LogP) is 6.65. The van der Waals surface area contributed by atoms with Crippen LogP contribution in [0.1, 0.15) is 31.2 Å². The number of carbonyl (C=O) groups is 4. The molecule has 4 aliphatic rings. The number of amides is 2. The van der Waals surface area contributed by atoms with Crippen molar-refractivity contribution < 1.29 is 28.7 Å². The Morgan fingerprint density at radius 1 is 0.872 bits per heavy atom. The van der Waals surface area contributed by atoms with E-state index in [2.05, 4.69) is 10.2 Å². The number of carbonyl (C=O) groups excluding carboxylic acids is 4. The Hall–Kier alpha value is -5.51. The summed E-state index contributed by atoms with van der Waals surface area (Å²) < 4.78 is 14.6. The van der Waals surface area contributed by atoms with Gasteiger partial charge in [-0.1, -0.05) is 17.7 Å². The molecule has 1 N–H and O–H groups in total. The number of allylic oxidation sites excluding steroid dienone is 6. The number of anilines is 2. The lowest BCUT2D eigenvalue weighted by Crippen LogP contribution is -2.39. The van der Waals surface area contributed by atoms with Crippen molar-refractivity contribution >= 4 is 46.1 Å². The van der Waals surface area contributed by atoms with Gasteiger partial charge < -0.3 is 10.0 Å². The second kappa shape index (κ2) is 11.4. The molecule has 4 atom stereocenters. The first-order valence-electron chi connectivity index (χ1n) is 15.4. The molecular formula is C37H31FN4O5. The van der Waals surface area contributed by atoms with Crippen LogP contribution in [0.5, 0.6) is 5.75 Å². The van der Waals surface area contributed by atoms with Crippen LogP contribution in [-0.4, -0.2) is 42.6 Å². The highest BCUT2D eigenvalue weighted by Crippen LogP contribution is 2.55. The normalized spacial score (nSPS) is 23.9. The van der Waals surface area contributed by atoms with Crippen LogP contribution < -0.4 is 9.80 Å². The second-order valence-corrected chi connectivity index (χ2v) is 12.6. The van der Waals surface area contributed by atoms with Gasteiger partial charge in [-0.2, -0.15) is 10.2 Å². The first kappa shape index (κ1) is 30.2. The standard InChI is InChI=1S/C37H31FN4O5/c1-19-16-31(44)34-28(35(19)45)18-27-25(32(34)20-4-15-30(43)29(38)17-20)13-14-26-33(27)37(47)42(36(26)46)24-11-7-22(8-12-24)40-39-21-5-9-23(10-6-21)41(2)3/h4-13,15-17,26-27,32-33,43H,14,18H2,1-3H3/t26-,27+,32-,33-/m0/s1. The maximum atomic E-state index is 14.6. The number of phenolic OH excluding ortho intramolecular Hbond substituents is 1. The van der Waals surface area contributed by atoms with E-state index in [1.807, 2.05) is 49.3 Å². The fraction of sp³-hybridized carbons (Fsp3) is 0.243. The summed E-state index contributed by atoms with van der Waals surface area (Å²) in [5, 5.41) is 18.4. The van der Waals surface area contributed by atoms with Crippen molar-refractivity contribution in [3.05, 3.63) is 113 Å². The van der Waals surface area contributed by atoms with Crippen molar-refractivity contribution in [1.82, 2.24) is 0 Å². The zero-order valence-corrected chi connectivity index (χ0v) is 26.0. The fourth-order valence-electron chi connectivity index (χ4n) is 7.32. The molecule has 1 heterocycles. The molecule has 2 amide bonds. The molecule has 0 unspecified atom stereocenters. The third-order valence-corrected chi connectivity index (χ3v) is 9.62. The Morgan fingerprint density at radius 3 is 2.17 bits per heavy atom. The van der Waals surface area contributed by atoms with Crippen LogP contribution in [0.4, 0.5) is 27.1 Å². The minimum atomic E-state index is -0.856. The number of hydrogen-bond acceptors (Lipinski definition) is 8. The lowest BCUT2D eigenvalue weighted by molar-refractivity contribution is -0.123. The minimum absolute atomic E-state index is 0.122. The number of phenols is 1. The topological polar surface area (TPSA) is 120 Å². The summed E-state index contributed by atoms with van der Waals surface area (Å²) in [6.45, 7) is 1.57. The molecule has 0 aromatic heterocycles. The first-order valence-corrected chi connectivity index (χ1v) is 15.4. The van der Waals surface area contributed by atoms with E-state index in [0.29, 0.717) is 39.3 Å². The number of hydrogen-bond donors (Lipinski definition) is 1. The third-order valence-electron chi connectivity index (χ3n) is 9.62. The molecule has 0 saturated carbocycles. The molecule has 10 heteroatoms. The van der Waals surface area contributed by atoms with Gasteiger partial charge in [0.1, 0.15) is 0 Å². The van der Waals surface area contributed by atoms with E-state index in [1.54, 1.807) is 31.2 Å². The second-order valence-electron chi connectivity index (χ2n) is 12.6. The number of ketones is 2. The molecule has 3 aromatic rings. The molecular weight excluding hydrogens is 599 g/mol. The molecule has 7 rings (SSSR count). The van der Waals surface area contributed by atoms with E-state index < -0.39 is 35.2 Å². The summed E-state index contributed by atoms with van der Waals surface area (Å²) in [7, 11) is 3.91. The van der Waals surface area contributed by atoms with Gasteiger partial charge in [0.05, 0.1) is 28.9 Å². The van der Waals surface area contributed by atoms with E-state index in [4.69, 9.17) is 0 Å². The average Bonchev–Trinajstić information content (AvgIpc) is 3.32. The van der Waals surface area contributed by atoms with E-state index in [-0.39, 0.29) is 41.8 Å². The van der Waals surface area contributed by atoms with E-state index in [0.717, 1.165) is 11.8 Å². The quantitative estimate of drug-likeness (QED) is 0.146. The Balaban J connectivity index is 1.19. The van der Waals surface area contributed by atoms with Crippen molar-refractivity contribution in [2.45, 2.75) is 25.7 Å². The number of Topliss-reactive ketones (excluding diaryl/α,β-unsaturated/α-hetero) is 1.